The van der Waals surface area contributed by atoms with Gasteiger partial charge in [-0.2, -0.15) is 0 Å². The van der Waals surface area contributed by atoms with E-state index in [1.807, 2.05) is 0 Å². The van der Waals surface area contributed by atoms with E-state index in [9.17, 15) is 24.3 Å². The Labute approximate surface area is 180 Å². The van der Waals surface area contributed by atoms with Gasteiger partial charge in [-0.3, -0.25) is 19.2 Å². The van der Waals surface area contributed by atoms with E-state index in [2.05, 4.69) is 16.0 Å². The molecule has 3 amide bonds. The second-order valence-electron chi connectivity index (χ2n) is 7.88. The first-order valence-corrected chi connectivity index (χ1v) is 10.5. The number of hydrogen-bond donors (Lipinski definition) is 5. The van der Waals surface area contributed by atoms with Crippen molar-refractivity contribution >= 4 is 23.7 Å². The van der Waals surface area contributed by atoms with Crippen LogP contribution < -0.4 is 16.0 Å². The molecule has 31 heavy (non-hydrogen) atoms. The van der Waals surface area contributed by atoms with Gasteiger partial charge >= 0.3 is 5.97 Å². The summed E-state index contributed by atoms with van der Waals surface area (Å²) in [6.07, 6.45) is 2.82. The number of carbonyl (C=O) groups excluding carboxylic acids is 3. The standard InChI is InChI=1S/C21H28N4O6/c26-14-7-5-13(6-8-14)11-16(24-19(29)15-3-1-9-22-15)21(31)25-10-2-4-17(25)20(30)23-12-18(27)28/h5-8,15-17,22,26H,1-4,9-12H2,(H,23,30)(H,24,29)(H,27,28). The van der Waals surface area contributed by atoms with Crippen LogP contribution in [0.4, 0.5) is 0 Å². The number of benzene rings is 1. The first kappa shape index (κ1) is 22.5. The van der Waals surface area contributed by atoms with E-state index in [0.717, 1.165) is 18.5 Å². The van der Waals surface area contributed by atoms with Crippen LogP contribution in [0.3, 0.4) is 0 Å². The van der Waals surface area contributed by atoms with Crippen molar-refractivity contribution in [2.75, 3.05) is 19.6 Å². The van der Waals surface area contributed by atoms with E-state index in [-0.39, 0.29) is 30.0 Å². The van der Waals surface area contributed by atoms with Crippen LogP contribution in [0.2, 0.25) is 0 Å². The largest absolute Gasteiger partial charge is 0.508 e. The van der Waals surface area contributed by atoms with E-state index in [4.69, 9.17) is 5.11 Å². The zero-order valence-electron chi connectivity index (χ0n) is 17.2. The maximum Gasteiger partial charge on any atom is 0.322 e. The Morgan fingerprint density at radius 2 is 1.84 bits per heavy atom. The van der Waals surface area contributed by atoms with E-state index in [1.54, 1.807) is 12.1 Å². The van der Waals surface area contributed by atoms with Gasteiger partial charge in [0, 0.05) is 13.0 Å². The van der Waals surface area contributed by atoms with Crippen molar-refractivity contribution in [2.45, 2.75) is 50.2 Å². The number of rotatable bonds is 8. The molecule has 2 aliphatic heterocycles. The van der Waals surface area contributed by atoms with Gasteiger partial charge in [-0.25, -0.2) is 0 Å². The third-order valence-corrected chi connectivity index (χ3v) is 5.62. The number of aromatic hydroxyl groups is 1. The minimum absolute atomic E-state index is 0.0977. The smallest absolute Gasteiger partial charge is 0.322 e. The lowest BCUT2D eigenvalue weighted by Gasteiger charge is -2.29. The molecule has 0 aliphatic carbocycles. The van der Waals surface area contributed by atoms with Gasteiger partial charge in [-0.1, -0.05) is 12.1 Å². The van der Waals surface area contributed by atoms with Crippen LogP contribution in [0.25, 0.3) is 0 Å². The number of likely N-dealkylation sites (tertiary alicyclic amines) is 1. The number of carbonyl (C=O) groups is 4. The number of aliphatic carboxylic acids is 1. The van der Waals surface area contributed by atoms with Gasteiger partial charge in [0.05, 0.1) is 6.04 Å². The van der Waals surface area contributed by atoms with Crippen molar-refractivity contribution in [1.82, 2.24) is 20.9 Å². The molecule has 2 fully saturated rings. The van der Waals surface area contributed by atoms with Gasteiger partial charge in [0.15, 0.2) is 0 Å². The maximum atomic E-state index is 13.4. The van der Waals surface area contributed by atoms with Crippen molar-refractivity contribution < 1.29 is 29.4 Å². The third-order valence-electron chi connectivity index (χ3n) is 5.62. The number of carboxylic acid groups (broad SMARTS) is 1. The molecule has 0 aromatic heterocycles. The zero-order chi connectivity index (χ0) is 22.4. The summed E-state index contributed by atoms with van der Waals surface area (Å²) < 4.78 is 0. The number of carboxylic acids is 1. The molecule has 1 aromatic rings. The molecule has 2 saturated heterocycles. The summed E-state index contributed by atoms with van der Waals surface area (Å²) in [4.78, 5) is 50.6. The summed E-state index contributed by atoms with van der Waals surface area (Å²) >= 11 is 0. The summed E-state index contributed by atoms with van der Waals surface area (Å²) in [7, 11) is 0. The summed E-state index contributed by atoms with van der Waals surface area (Å²) in [5.41, 5.74) is 0.752. The summed E-state index contributed by atoms with van der Waals surface area (Å²) in [5, 5.41) is 26.6. The second kappa shape index (κ2) is 10.3. The Balaban J connectivity index is 1.74. The van der Waals surface area contributed by atoms with Crippen LogP contribution in [0, 0.1) is 0 Å². The third kappa shape index (κ3) is 5.94. The molecule has 10 nitrogen and oxygen atoms in total. The van der Waals surface area contributed by atoms with Gasteiger partial charge in [0.2, 0.25) is 17.7 Å². The first-order chi connectivity index (χ1) is 14.8. The minimum Gasteiger partial charge on any atom is -0.508 e. The van der Waals surface area contributed by atoms with Crippen molar-refractivity contribution in [2.24, 2.45) is 0 Å². The molecule has 3 atom stereocenters. The molecule has 0 spiro atoms. The van der Waals surface area contributed by atoms with Crippen LogP contribution in [0.5, 0.6) is 5.75 Å². The second-order valence-corrected chi connectivity index (χ2v) is 7.88. The molecule has 1 aromatic carbocycles. The molecule has 0 saturated carbocycles. The van der Waals surface area contributed by atoms with E-state index in [0.29, 0.717) is 25.8 Å². The zero-order valence-corrected chi connectivity index (χ0v) is 17.2. The average molecular weight is 432 g/mol. The Bertz CT molecular complexity index is 822. The van der Waals surface area contributed by atoms with Crippen molar-refractivity contribution in [3.8, 4) is 5.75 Å². The molecule has 0 bridgehead atoms. The highest BCUT2D eigenvalue weighted by Gasteiger charge is 2.38. The fourth-order valence-corrected chi connectivity index (χ4v) is 4.03. The number of nitrogens with zero attached hydrogens (tertiary/aromatic N) is 1. The topological polar surface area (TPSA) is 148 Å². The van der Waals surface area contributed by atoms with Crippen LogP contribution >= 0.6 is 0 Å². The molecule has 10 heteroatoms. The summed E-state index contributed by atoms with van der Waals surface area (Å²) in [6.45, 7) is 0.582. The SMILES string of the molecule is O=C(O)CNC(=O)C1CCCN1C(=O)C(Cc1ccc(O)cc1)NC(=O)C1CCCN1. The van der Waals surface area contributed by atoms with Crippen LogP contribution in [0.15, 0.2) is 24.3 Å². The normalized spacial score (nSPS) is 21.5. The van der Waals surface area contributed by atoms with Crippen LogP contribution in [0.1, 0.15) is 31.2 Å². The molecular formula is C21H28N4O6. The molecule has 2 aliphatic rings. The molecule has 5 N–H and O–H groups in total. The van der Waals surface area contributed by atoms with Crippen LogP contribution in [-0.4, -0.2) is 76.6 Å². The fourth-order valence-electron chi connectivity index (χ4n) is 4.03. The number of nitrogens with one attached hydrogen (secondary N) is 3. The maximum absolute atomic E-state index is 13.4. The number of phenols is 1. The number of hydrogen-bond acceptors (Lipinski definition) is 6. The van der Waals surface area contributed by atoms with Crippen molar-refractivity contribution in [3.63, 3.8) is 0 Å². The highest BCUT2D eigenvalue weighted by atomic mass is 16.4. The number of phenolic OH excluding ortho intramolecular Hbond substituents is 1. The lowest BCUT2D eigenvalue weighted by Crippen LogP contribution is -2.56. The highest BCUT2D eigenvalue weighted by Crippen LogP contribution is 2.20. The predicted molar refractivity (Wildman–Crippen MR) is 110 cm³/mol. The van der Waals surface area contributed by atoms with E-state index < -0.39 is 30.5 Å². The molecule has 2 heterocycles. The monoisotopic (exact) mass is 432 g/mol. The van der Waals surface area contributed by atoms with Gasteiger partial charge < -0.3 is 31.1 Å². The minimum atomic E-state index is -1.16. The van der Waals surface area contributed by atoms with Gasteiger partial charge in [-0.15, -0.1) is 0 Å². The molecule has 168 valence electrons. The Kier molecular flexibility index (Phi) is 7.45. The lowest BCUT2D eigenvalue weighted by molar-refractivity contribution is -0.142. The summed E-state index contributed by atoms with van der Waals surface area (Å²) in [5.74, 6) is -2.22. The quantitative estimate of drug-likeness (QED) is 0.367. The van der Waals surface area contributed by atoms with Gasteiger partial charge in [0.25, 0.3) is 0 Å². The van der Waals surface area contributed by atoms with E-state index >= 15 is 0 Å². The Hall–Kier alpha value is -3.14. The summed E-state index contributed by atoms with van der Waals surface area (Å²) in [6, 6.07) is 4.36. The first-order valence-electron chi connectivity index (χ1n) is 10.5. The van der Waals surface area contributed by atoms with Gasteiger partial charge in [0.1, 0.15) is 24.4 Å². The predicted octanol–water partition coefficient (Wildman–Crippen LogP) is -0.637. The van der Waals surface area contributed by atoms with Gasteiger partial charge in [-0.05, 0) is 49.9 Å². The van der Waals surface area contributed by atoms with Crippen molar-refractivity contribution in [3.05, 3.63) is 29.8 Å². The molecule has 3 rings (SSSR count). The lowest BCUT2D eigenvalue weighted by atomic mass is 10.0. The van der Waals surface area contributed by atoms with E-state index in [1.165, 1.54) is 17.0 Å². The molecular weight excluding hydrogens is 404 g/mol. The van der Waals surface area contributed by atoms with Crippen molar-refractivity contribution in [1.29, 1.82) is 0 Å². The van der Waals surface area contributed by atoms with Crippen LogP contribution in [-0.2, 0) is 25.6 Å². The molecule has 0 radical (unpaired) electrons. The number of amides is 3. The molecule has 3 unspecified atom stereocenters. The fraction of sp³-hybridized carbons (Fsp3) is 0.524. The Morgan fingerprint density at radius 1 is 1.10 bits per heavy atom. The highest BCUT2D eigenvalue weighted by molar-refractivity contribution is 5.94. The average Bonchev–Trinajstić information content (AvgIpc) is 3.44. The Morgan fingerprint density at radius 3 is 2.48 bits per heavy atom.